The Kier molecular flexibility index (Phi) is 7.73. The molecule has 0 radical (unpaired) electrons. The normalized spacial score (nSPS) is 11.8. The summed E-state index contributed by atoms with van der Waals surface area (Å²) in [4.78, 5) is 12.5. The third-order valence-corrected chi connectivity index (χ3v) is 7.90. The number of amides is 1. The van der Waals surface area contributed by atoms with Crippen LogP contribution in [0.2, 0.25) is 0 Å². The van der Waals surface area contributed by atoms with E-state index in [1.54, 1.807) is 0 Å². The molecule has 13 heteroatoms. The molecule has 3 aromatic rings. The van der Waals surface area contributed by atoms with Crippen molar-refractivity contribution in [3.05, 3.63) is 84.4 Å². The molecule has 3 rings (SSSR count). The van der Waals surface area contributed by atoms with Crippen molar-refractivity contribution < 1.29 is 30.4 Å². The van der Waals surface area contributed by atoms with Crippen molar-refractivity contribution in [2.24, 2.45) is 0 Å². The summed E-state index contributed by atoms with van der Waals surface area (Å²) >= 11 is 0. The number of hydrogen-bond acceptors (Lipinski definition) is 5. The minimum atomic E-state index is -4.21. The van der Waals surface area contributed by atoms with Gasteiger partial charge in [-0.05, 0) is 60.7 Å². The van der Waals surface area contributed by atoms with Crippen LogP contribution in [0, 0.1) is 11.6 Å². The Bertz CT molecular complexity index is 1410. The van der Waals surface area contributed by atoms with Crippen molar-refractivity contribution in [2.75, 3.05) is 35.0 Å². The van der Waals surface area contributed by atoms with Crippen LogP contribution in [0.1, 0.15) is 0 Å². The second-order valence-corrected chi connectivity index (χ2v) is 11.2. The summed E-state index contributed by atoms with van der Waals surface area (Å²) in [6.45, 7) is -0.729. The molecule has 0 spiro atoms. The topological polar surface area (TPSA) is 116 Å². The summed E-state index contributed by atoms with van der Waals surface area (Å²) < 4.78 is 81.6. The van der Waals surface area contributed by atoms with E-state index in [-0.39, 0.29) is 22.0 Å². The van der Waals surface area contributed by atoms with Crippen LogP contribution >= 0.6 is 0 Å². The quantitative estimate of drug-likeness (QED) is 0.447. The van der Waals surface area contributed by atoms with Gasteiger partial charge < -0.3 is 5.32 Å². The molecule has 0 fully saturated rings. The van der Waals surface area contributed by atoms with Gasteiger partial charge in [0.15, 0.2) is 0 Å². The average Bonchev–Trinajstić information content (AvgIpc) is 2.79. The lowest BCUT2D eigenvalue weighted by Gasteiger charge is -2.27. The Hall–Kier alpha value is -3.55. The maximum atomic E-state index is 14.3. The first-order valence-electron chi connectivity index (χ1n) is 10.0. The van der Waals surface area contributed by atoms with E-state index in [4.69, 9.17) is 0 Å². The number of carbonyl (C=O) groups is 1. The first kappa shape index (κ1) is 26.1. The second-order valence-electron chi connectivity index (χ2n) is 7.43. The molecule has 9 nitrogen and oxygen atoms in total. The number of para-hydroxylation sites is 1. The predicted octanol–water partition coefficient (Wildman–Crippen LogP) is 3.02. The highest BCUT2D eigenvalue weighted by molar-refractivity contribution is 7.92. The SMILES string of the molecule is CN(C)S(=O)(=O)N(CC(=O)Nc1ccc(S(=O)(=O)Nc2ccc(F)cc2)cc1)c1ccccc1F. The van der Waals surface area contributed by atoms with Gasteiger partial charge in [0.1, 0.15) is 18.2 Å². The molecule has 2 N–H and O–H groups in total. The van der Waals surface area contributed by atoms with Crippen LogP contribution in [0.15, 0.2) is 77.7 Å². The molecule has 0 aliphatic heterocycles. The summed E-state index contributed by atoms with van der Waals surface area (Å²) in [5.41, 5.74) is 0.0512. The summed E-state index contributed by atoms with van der Waals surface area (Å²) in [6.07, 6.45) is 0. The Balaban J connectivity index is 1.75. The molecule has 0 aliphatic rings. The number of carbonyl (C=O) groups excluding carboxylic acids is 1. The number of sulfonamides is 1. The van der Waals surface area contributed by atoms with Crippen LogP contribution in [-0.4, -0.2) is 47.7 Å². The van der Waals surface area contributed by atoms with Gasteiger partial charge in [0.2, 0.25) is 5.91 Å². The van der Waals surface area contributed by atoms with Gasteiger partial charge in [0.05, 0.1) is 10.6 Å². The average molecular weight is 525 g/mol. The maximum Gasteiger partial charge on any atom is 0.304 e. The lowest BCUT2D eigenvalue weighted by Crippen LogP contribution is -2.44. The Morgan fingerprint density at radius 3 is 1.97 bits per heavy atom. The van der Waals surface area contributed by atoms with Crippen molar-refractivity contribution in [1.29, 1.82) is 0 Å². The van der Waals surface area contributed by atoms with Crippen LogP contribution in [0.3, 0.4) is 0 Å². The van der Waals surface area contributed by atoms with Gasteiger partial charge in [-0.3, -0.25) is 9.52 Å². The van der Waals surface area contributed by atoms with E-state index in [0.29, 0.717) is 4.31 Å². The number of halogens is 2. The van der Waals surface area contributed by atoms with Gasteiger partial charge >= 0.3 is 10.2 Å². The molecular weight excluding hydrogens is 502 g/mol. The van der Waals surface area contributed by atoms with Crippen molar-refractivity contribution in [1.82, 2.24) is 4.31 Å². The molecule has 3 aromatic carbocycles. The highest BCUT2D eigenvalue weighted by Gasteiger charge is 2.29. The summed E-state index contributed by atoms with van der Waals surface area (Å²) in [7, 11) is -5.69. The molecule has 0 unspecified atom stereocenters. The van der Waals surface area contributed by atoms with Gasteiger partial charge in [0, 0.05) is 25.5 Å². The summed E-state index contributed by atoms with van der Waals surface area (Å²) in [6, 6.07) is 15.0. The number of nitrogens with zero attached hydrogens (tertiary/aromatic N) is 2. The van der Waals surface area contributed by atoms with Crippen LogP contribution in [0.4, 0.5) is 25.8 Å². The first-order chi connectivity index (χ1) is 16.4. The fourth-order valence-corrected chi connectivity index (χ4v) is 5.05. The maximum absolute atomic E-state index is 14.3. The molecule has 1 amide bonds. The van der Waals surface area contributed by atoms with Gasteiger partial charge in [-0.1, -0.05) is 12.1 Å². The van der Waals surface area contributed by atoms with E-state index in [2.05, 4.69) is 10.0 Å². The number of rotatable bonds is 9. The fourth-order valence-electron chi connectivity index (χ4n) is 2.92. The molecule has 35 heavy (non-hydrogen) atoms. The van der Waals surface area contributed by atoms with E-state index in [1.165, 1.54) is 68.7 Å². The predicted molar refractivity (Wildman–Crippen MR) is 129 cm³/mol. The Labute approximate surface area is 202 Å². The Morgan fingerprint density at radius 2 is 1.40 bits per heavy atom. The van der Waals surface area contributed by atoms with Crippen molar-refractivity contribution in [3.63, 3.8) is 0 Å². The fraction of sp³-hybridized carbons (Fsp3) is 0.136. The molecular formula is C22H22F2N4O5S2. The molecule has 0 heterocycles. The molecule has 186 valence electrons. The Morgan fingerprint density at radius 1 is 0.829 bits per heavy atom. The monoisotopic (exact) mass is 524 g/mol. The van der Waals surface area contributed by atoms with Gasteiger partial charge in [-0.25, -0.2) is 21.5 Å². The standard InChI is InChI=1S/C22H22F2N4O5S2/c1-27(2)35(32,33)28(21-6-4-3-5-20(21)24)15-22(29)25-17-11-13-19(14-12-17)34(30,31)26-18-9-7-16(23)8-10-18/h3-14,26H,15H2,1-2H3,(H,25,29). The molecule has 0 saturated carbocycles. The third-order valence-electron chi connectivity index (χ3n) is 4.69. The summed E-state index contributed by atoms with van der Waals surface area (Å²) in [5, 5.41) is 2.46. The molecule has 0 bridgehead atoms. The number of benzene rings is 3. The lowest BCUT2D eigenvalue weighted by atomic mass is 10.3. The number of nitrogens with one attached hydrogen (secondary N) is 2. The third kappa shape index (κ3) is 6.32. The van der Waals surface area contributed by atoms with Crippen LogP contribution in [-0.2, 0) is 25.0 Å². The molecule has 0 aliphatic carbocycles. The molecule has 0 saturated heterocycles. The van der Waals surface area contributed by atoms with E-state index in [0.717, 1.165) is 22.5 Å². The van der Waals surface area contributed by atoms with Gasteiger partial charge in [0.25, 0.3) is 10.0 Å². The minimum absolute atomic E-state index is 0.122. The highest BCUT2D eigenvalue weighted by atomic mass is 32.2. The van der Waals surface area contributed by atoms with E-state index in [1.807, 2.05) is 0 Å². The van der Waals surface area contributed by atoms with Crippen LogP contribution < -0.4 is 14.3 Å². The first-order valence-corrected chi connectivity index (χ1v) is 12.9. The minimum Gasteiger partial charge on any atom is -0.325 e. The van der Waals surface area contributed by atoms with Crippen LogP contribution in [0.25, 0.3) is 0 Å². The largest absolute Gasteiger partial charge is 0.325 e. The zero-order valence-electron chi connectivity index (χ0n) is 18.6. The van der Waals surface area contributed by atoms with Gasteiger partial charge in [-0.2, -0.15) is 12.7 Å². The molecule has 0 atom stereocenters. The van der Waals surface area contributed by atoms with Gasteiger partial charge in [-0.15, -0.1) is 0 Å². The smallest absolute Gasteiger partial charge is 0.304 e. The van der Waals surface area contributed by atoms with Crippen molar-refractivity contribution in [3.8, 4) is 0 Å². The second kappa shape index (κ2) is 10.4. The number of anilines is 3. The zero-order valence-corrected chi connectivity index (χ0v) is 20.3. The van der Waals surface area contributed by atoms with Crippen molar-refractivity contribution in [2.45, 2.75) is 4.90 Å². The number of hydrogen-bond donors (Lipinski definition) is 2. The zero-order chi connectivity index (χ0) is 25.8. The van der Waals surface area contributed by atoms with E-state index in [9.17, 15) is 30.4 Å². The lowest BCUT2D eigenvalue weighted by molar-refractivity contribution is -0.114. The highest BCUT2D eigenvalue weighted by Crippen LogP contribution is 2.23. The van der Waals surface area contributed by atoms with Crippen molar-refractivity contribution >= 4 is 43.2 Å². The van der Waals surface area contributed by atoms with E-state index >= 15 is 0 Å². The van der Waals surface area contributed by atoms with Crippen LogP contribution in [0.5, 0.6) is 0 Å². The van der Waals surface area contributed by atoms with E-state index < -0.39 is 44.3 Å². The summed E-state index contributed by atoms with van der Waals surface area (Å²) in [5.74, 6) is -2.12. The molecule has 0 aromatic heterocycles.